The number of aryl methyl sites for hydroxylation is 1. The molecule has 0 N–H and O–H groups in total. The fourth-order valence-electron chi connectivity index (χ4n) is 1.25. The van der Waals surface area contributed by atoms with Crippen LogP contribution in [0.2, 0.25) is 0 Å². The molecule has 0 nitrogen and oxygen atoms in total. The van der Waals surface area contributed by atoms with E-state index in [4.69, 9.17) is 0 Å². The van der Waals surface area contributed by atoms with E-state index in [1.165, 1.54) is 22.0 Å². The normalized spacial score (nSPS) is 9.70. The van der Waals surface area contributed by atoms with Crippen molar-refractivity contribution in [2.45, 2.75) is 6.92 Å². The van der Waals surface area contributed by atoms with Crippen LogP contribution in [0, 0.1) is 6.92 Å². The van der Waals surface area contributed by atoms with Crippen molar-refractivity contribution < 1.29 is 0 Å². The van der Waals surface area contributed by atoms with Crippen molar-refractivity contribution in [3.63, 3.8) is 0 Å². The lowest BCUT2D eigenvalue weighted by molar-refractivity contribution is 1.52. The molecular formula is C7H11B3. The maximum atomic E-state index is 2.22. The van der Waals surface area contributed by atoms with Crippen LogP contribution in [0.3, 0.4) is 0 Å². The first-order chi connectivity index (χ1) is 4.61. The molecule has 0 aromatic heterocycles. The van der Waals surface area contributed by atoms with Gasteiger partial charge >= 0.3 is 0 Å². The van der Waals surface area contributed by atoms with Crippen molar-refractivity contribution in [3.8, 4) is 0 Å². The molecule has 3 heteroatoms. The number of hydrogen-bond donors (Lipinski definition) is 0. The Kier molecular flexibility index (Phi) is 1.93. The molecule has 1 rings (SSSR count). The van der Waals surface area contributed by atoms with Crippen LogP contribution in [-0.2, 0) is 0 Å². The summed E-state index contributed by atoms with van der Waals surface area (Å²) < 4.78 is 0. The van der Waals surface area contributed by atoms with Gasteiger partial charge in [-0.3, -0.25) is 0 Å². The third kappa shape index (κ3) is 1.28. The van der Waals surface area contributed by atoms with Gasteiger partial charge in [0, 0.05) is 0 Å². The molecule has 0 unspecified atom stereocenters. The zero-order valence-corrected chi connectivity index (χ0v) is 7.15. The lowest BCUT2D eigenvalue weighted by Crippen LogP contribution is -2.38. The van der Waals surface area contributed by atoms with Gasteiger partial charge in [-0.1, -0.05) is 28.6 Å². The summed E-state index contributed by atoms with van der Waals surface area (Å²) in [5, 5.41) is 0. The first kappa shape index (κ1) is 7.52. The van der Waals surface area contributed by atoms with Crippen LogP contribution in [0.1, 0.15) is 5.56 Å². The Morgan fingerprint density at radius 2 is 1.40 bits per heavy atom. The Hall–Kier alpha value is -0.585. The van der Waals surface area contributed by atoms with E-state index in [0.29, 0.717) is 0 Å². The van der Waals surface area contributed by atoms with E-state index in [9.17, 15) is 0 Å². The van der Waals surface area contributed by atoms with E-state index in [0.717, 1.165) is 0 Å². The van der Waals surface area contributed by atoms with Crippen LogP contribution < -0.4 is 16.4 Å². The zero-order chi connectivity index (χ0) is 7.72. The monoisotopic (exact) mass is 128 g/mol. The largest absolute Gasteiger partial charge is 0.138 e. The molecule has 0 saturated heterocycles. The molecule has 0 aliphatic rings. The first-order valence-electron chi connectivity index (χ1n) is 3.65. The van der Waals surface area contributed by atoms with E-state index >= 15 is 0 Å². The molecule has 10 heavy (non-hydrogen) atoms. The summed E-state index contributed by atoms with van der Waals surface area (Å²) in [7, 11) is 6.49. The fourth-order valence-corrected chi connectivity index (χ4v) is 1.25. The van der Waals surface area contributed by atoms with E-state index in [1.807, 2.05) is 0 Å². The molecule has 1 aromatic rings. The molecule has 0 amide bonds. The molecule has 0 bridgehead atoms. The Labute approximate surface area is 65.3 Å². The molecule has 0 aliphatic heterocycles. The third-order valence-electron chi connectivity index (χ3n) is 2.07. The lowest BCUT2D eigenvalue weighted by atomic mass is 9.72. The second-order valence-corrected chi connectivity index (χ2v) is 3.02. The average Bonchev–Trinajstić information content (AvgIpc) is 1.82. The molecule has 0 fully saturated rings. The average molecular weight is 128 g/mol. The van der Waals surface area contributed by atoms with Crippen molar-refractivity contribution in [1.82, 2.24) is 0 Å². The van der Waals surface area contributed by atoms with E-state index < -0.39 is 0 Å². The van der Waals surface area contributed by atoms with Crippen LogP contribution in [0.25, 0.3) is 0 Å². The van der Waals surface area contributed by atoms with Crippen LogP contribution >= 0.6 is 0 Å². The van der Waals surface area contributed by atoms with Crippen LogP contribution in [0.4, 0.5) is 0 Å². The van der Waals surface area contributed by atoms with Crippen molar-refractivity contribution in [1.29, 1.82) is 0 Å². The maximum absolute atomic E-state index is 2.22. The van der Waals surface area contributed by atoms with Crippen molar-refractivity contribution >= 4 is 39.9 Å². The number of hydrogen-bond acceptors (Lipinski definition) is 0. The molecule has 0 radical (unpaired) electrons. The van der Waals surface area contributed by atoms with Gasteiger partial charge in [-0.15, -0.1) is 5.46 Å². The van der Waals surface area contributed by atoms with Crippen LogP contribution in [0.5, 0.6) is 0 Å². The number of benzene rings is 1. The predicted octanol–water partition coefficient (Wildman–Crippen LogP) is -3.23. The minimum absolute atomic E-state index is 1.36. The summed E-state index contributed by atoms with van der Waals surface area (Å²) in [4.78, 5) is 0. The van der Waals surface area contributed by atoms with Crippen molar-refractivity contribution in [2.24, 2.45) is 0 Å². The highest BCUT2D eigenvalue weighted by atomic mass is 13.9. The maximum Gasteiger partial charge on any atom is 0.138 e. The van der Waals surface area contributed by atoms with E-state index in [1.54, 1.807) is 0 Å². The zero-order valence-electron chi connectivity index (χ0n) is 7.15. The Balaban J connectivity index is 3.31. The summed E-state index contributed by atoms with van der Waals surface area (Å²) in [5.41, 5.74) is 5.58. The third-order valence-corrected chi connectivity index (χ3v) is 2.07. The topological polar surface area (TPSA) is 0 Å². The minimum atomic E-state index is 1.36. The molecule has 1 aromatic carbocycles. The van der Waals surface area contributed by atoms with Gasteiger partial charge in [0.05, 0.1) is 0 Å². The number of rotatable bonds is 0. The summed E-state index contributed by atoms with van der Waals surface area (Å²) in [6, 6.07) is 4.45. The lowest BCUT2D eigenvalue weighted by Gasteiger charge is -2.05. The molecule has 0 heterocycles. The molecule has 0 atom stereocenters. The van der Waals surface area contributed by atoms with Crippen LogP contribution in [0.15, 0.2) is 12.1 Å². The second kappa shape index (κ2) is 2.57. The Morgan fingerprint density at radius 1 is 1.00 bits per heavy atom. The van der Waals surface area contributed by atoms with Gasteiger partial charge in [-0.05, 0) is 6.92 Å². The fraction of sp³-hybridized carbons (Fsp3) is 0.143. The molecule has 0 saturated carbocycles. The predicted molar refractivity (Wildman–Crippen MR) is 55.7 cm³/mol. The Morgan fingerprint density at radius 3 is 1.80 bits per heavy atom. The summed E-state index contributed by atoms with van der Waals surface area (Å²) >= 11 is 0. The summed E-state index contributed by atoms with van der Waals surface area (Å²) in [5.74, 6) is 0. The van der Waals surface area contributed by atoms with E-state index in [2.05, 4.69) is 42.6 Å². The second-order valence-electron chi connectivity index (χ2n) is 3.02. The van der Waals surface area contributed by atoms with Gasteiger partial charge in [-0.2, -0.15) is 0 Å². The van der Waals surface area contributed by atoms with Gasteiger partial charge in [0.25, 0.3) is 0 Å². The smallest absolute Gasteiger partial charge is 0.101 e. The molecule has 48 valence electrons. The van der Waals surface area contributed by atoms with Crippen LogP contribution in [-0.4, -0.2) is 23.5 Å². The van der Waals surface area contributed by atoms with Crippen molar-refractivity contribution in [2.75, 3.05) is 0 Å². The van der Waals surface area contributed by atoms with Gasteiger partial charge < -0.3 is 0 Å². The van der Waals surface area contributed by atoms with Gasteiger partial charge in [0.1, 0.15) is 23.5 Å². The van der Waals surface area contributed by atoms with E-state index in [-0.39, 0.29) is 0 Å². The molecule has 0 spiro atoms. The SMILES string of the molecule is Bc1cc(C)cc(B)c1B. The quantitative estimate of drug-likeness (QED) is 0.322. The van der Waals surface area contributed by atoms with Gasteiger partial charge in [0.15, 0.2) is 0 Å². The highest BCUT2D eigenvalue weighted by Crippen LogP contribution is 1.85. The van der Waals surface area contributed by atoms with Gasteiger partial charge in [-0.25, -0.2) is 0 Å². The Bertz CT molecular complexity index is 232. The van der Waals surface area contributed by atoms with Gasteiger partial charge in [0.2, 0.25) is 0 Å². The minimum Gasteiger partial charge on any atom is -0.101 e. The van der Waals surface area contributed by atoms with Crippen molar-refractivity contribution in [3.05, 3.63) is 17.7 Å². The first-order valence-corrected chi connectivity index (χ1v) is 3.65. The highest BCUT2D eigenvalue weighted by molar-refractivity contribution is 6.57. The molecule has 0 aliphatic carbocycles. The highest BCUT2D eigenvalue weighted by Gasteiger charge is 1.95. The summed E-state index contributed by atoms with van der Waals surface area (Å²) in [6.45, 7) is 2.14. The molecular weight excluding hydrogens is 117 g/mol. The summed E-state index contributed by atoms with van der Waals surface area (Å²) in [6.07, 6.45) is 0. The standard InChI is InChI=1S/C7H11B3/c1-4-2-5(8)7(10)6(9)3-4/h2-3H,8-10H2,1H3.